The van der Waals surface area contributed by atoms with E-state index in [2.05, 4.69) is 15.9 Å². The third-order valence-corrected chi connectivity index (χ3v) is 3.38. The summed E-state index contributed by atoms with van der Waals surface area (Å²) in [6.07, 6.45) is -0.263. The van der Waals surface area contributed by atoms with Gasteiger partial charge in [-0.1, -0.05) is 6.92 Å². The second-order valence-corrected chi connectivity index (χ2v) is 4.90. The van der Waals surface area contributed by atoms with Crippen LogP contribution in [-0.4, -0.2) is 16.5 Å². The number of aliphatic hydroxyl groups is 1. The van der Waals surface area contributed by atoms with Crippen molar-refractivity contribution in [2.75, 3.05) is 0 Å². The summed E-state index contributed by atoms with van der Waals surface area (Å²) in [5, 5.41) is 9.70. The van der Waals surface area contributed by atoms with E-state index in [-0.39, 0.29) is 16.5 Å². The summed E-state index contributed by atoms with van der Waals surface area (Å²) in [4.78, 5) is 11.7. The Morgan fingerprint density at radius 3 is 2.59 bits per heavy atom. The molecule has 0 saturated carbocycles. The molecule has 0 radical (unpaired) electrons. The van der Waals surface area contributed by atoms with Crippen LogP contribution in [0.4, 0.5) is 8.78 Å². The molecule has 0 heterocycles. The first-order valence-corrected chi connectivity index (χ1v) is 5.97. The van der Waals surface area contributed by atoms with Gasteiger partial charge < -0.3 is 5.11 Å². The van der Waals surface area contributed by atoms with E-state index in [1.54, 1.807) is 6.92 Å². The molecule has 0 bridgehead atoms. The summed E-state index contributed by atoms with van der Waals surface area (Å²) in [5.74, 6) is -2.19. The topological polar surface area (TPSA) is 37.3 Å². The van der Waals surface area contributed by atoms with Crippen molar-refractivity contribution >= 4 is 21.7 Å². The highest BCUT2D eigenvalue weighted by molar-refractivity contribution is 9.10. The molecular weight excluding hydrogens is 294 g/mol. The Labute approximate surface area is 107 Å². The number of ketones is 1. The van der Waals surface area contributed by atoms with E-state index < -0.39 is 29.4 Å². The smallest absolute Gasteiger partial charge is 0.168 e. The normalized spacial score (nSPS) is 14.5. The van der Waals surface area contributed by atoms with Gasteiger partial charge in [0.25, 0.3) is 0 Å². The van der Waals surface area contributed by atoms with Crippen LogP contribution < -0.4 is 0 Å². The maximum atomic E-state index is 13.6. The summed E-state index contributed by atoms with van der Waals surface area (Å²) >= 11 is 2.92. The highest BCUT2D eigenvalue weighted by Gasteiger charge is 2.29. The lowest BCUT2D eigenvalue weighted by molar-refractivity contribution is -0.135. The van der Waals surface area contributed by atoms with Crippen molar-refractivity contribution < 1.29 is 18.7 Å². The lowest BCUT2D eigenvalue weighted by Crippen LogP contribution is -2.35. The van der Waals surface area contributed by atoms with Crippen molar-refractivity contribution in [1.29, 1.82) is 0 Å². The van der Waals surface area contributed by atoms with Crippen molar-refractivity contribution in [3.63, 3.8) is 0 Å². The minimum Gasteiger partial charge on any atom is -0.382 e. The first-order valence-electron chi connectivity index (χ1n) is 5.17. The van der Waals surface area contributed by atoms with Crippen LogP contribution in [0.3, 0.4) is 0 Å². The van der Waals surface area contributed by atoms with Gasteiger partial charge in [0.1, 0.15) is 17.2 Å². The van der Waals surface area contributed by atoms with Crippen LogP contribution in [0.5, 0.6) is 0 Å². The Morgan fingerprint density at radius 1 is 1.47 bits per heavy atom. The van der Waals surface area contributed by atoms with Gasteiger partial charge in [0.2, 0.25) is 0 Å². The molecule has 0 aliphatic rings. The lowest BCUT2D eigenvalue weighted by Gasteiger charge is -2.19. The molecule has 0 spiro atoms. The molecule has 5 heteroatoms. The molecule has 1 atom stereocenters. The van der Waals surface area contributed by atoms with Crippen LogP contribution in [0.1, 0.15) is 25.8 Å². The molecule has 2 nitrogen and oxygen atoms in total. The summed E-state index contributed by atoms with van der Waals surface area (Å²) in [6.45, 7) is 2.97. The predicted octanol–water partition coefficient (Wildman–Crippen LogP) is 3.00. The maximum absolute atomic E-state index is 13.6. The summed E-state index contributed by atoms with van der Waals surface area (Å²) in [5.41, 5.74) is -1.88. The van der Waals surface area contributed by atoms with Gasteiger partial charge in [-0.3, -0.25) is 4.79 Å². The zero-order valence-electron chi connectivity index (χ0n) is 9.56. The van der Waals surface area contributed by atoms with E-state index in [1.165, 1.54) is 13.0 Å². The Balaban J connectivity index is 3.04. The Hall–Kier alpha value is -0.810. The molecule has 0 aliphatic carbocycles. The Morgan fingerprint density at radius 2 is 2.06 bits per heavy atom. The average molecular weight is 307 g/mol. The van der Waals surface area contributed by atoms with Crippen LogP contribution in [0.25, 0.3) is 0 Å². The zero-order chi connectivity index (χ0) is 13.2. The van der Waals surface area contributed by atoms with Gasteiger partial charge in [0.15, 0.2) is 5.78 Å². The molecular formula is C12H13BrF2O2. The molecule has 0 aromatic heterocycles. The molecule has 17 heavy (non-hydrogen) atoms. The van der Waals surface area contributed by atoms with Gasteiger partial charge in [-0.15, -0.1) is 0 Å². The molecule has 1 rings (SSSR count). The highest BCUT2D eigenvalue weighted by Crippen LogP contribution is 2.24. The van der Waals surface area contributed by atoms with E-state index in [0.717, 1.165) is 6.07 Å². The minimum atomic E-state index is -1.55. The van der Waals surface area contributed by atoms with Crippen molar-refractivity contribution in [1.82, 2.24) is 0 Å². The van der Waals surface area contributed by atoms with Gasteiger partial charge in [-0.2, -0.15) is 0 Å². The molecule has 1 aromatic carbocycles. The number of hydrogen-bond acceptors (Lipinski definition) is 2. The monoisotopic (exact) mass is 306 g/mol. The first-order chi connectivity index (χ1) is 7.79. The fourth-order valence-corrected chi connectivity index (χ4v) is 1.65. The molecule has 94 valence electrons. The number of Topliss-reactive ketones (excluding diaryl/α,β-unsaturated/α-hetero) is 1. The predicted molar refractivity (Wildman–Crippen MR) is 63.7 cm³/mol. The van der Waals surface area contributed by atoms with E-state index >= 15 is 0 Å². The molecule has 0 aliphatic heterocycles. The van der Waals surface area contributed by atoms with Crippen LogP contribution in [0.2, 0.25) is 0 Å². The van der Waals surface area contributed by atoms with Crippen molar-refractivity contribution in [2.45, 2.75) is 32.3 Å². The zero-order valence-corrected chi connectivity index (χ0v) is 11.1. The molecule has 0 amide bonds. The van der Waals surface area contributed by atoms with E-state index in [9.17, 15) is 18.7 Å². The number of benzene rings is 1. The van der Waals surface area contributed by atoms with E-state index in [4.69, 9.17) is 0 Å². The maximum Gasteiger partial charge on any atom is 0.168 e. The van der Waals surface area contributed by atoms with Crippen LogP contribution in [-0.2, 0) is 11.2 Å². The van der Waals surface area contributed by atoms with Crippen LogP contribution in [0, 0.1) is 11.6 Å². The fraction of sp³-hybridized carbons (Fsp3) is 0.417. The number of carbonyl (C=O) groups excluding carboxylic acids is 1. The van der Waals surface area contributed by atoms with E-state index in [1.807, 2.05) is 0 Å². The largest absolute Gasteiger partial charge is 0.382 e. The number of carbonyl (C=O) groups is 1. The average Bonchev–Trinajstić information content (AvgIpc) is 2.29. The summed E-state index contributed by atoms with van der Waals surface area (Å²) in [7, 11) is 0. The molecule has 0 saturated heterocycles. The van der Waals surface area contributed by atoms with Gasteiger partial charge in [-0.25, -0.2) is 8.78 Å². The third-order valence-electron chi connectivity index (χ3n) is 2.77. The Kier molecular flexibility index (Phi) is 4.38. The third kappa shape index (κ3) is 3.10. The number of hydrogen-bond donors (Lipinski definition) is 1. The SMILES string of the molecule is CCC(C)(O)C(=O)Cc1c(F)ccc(Br)c1F. The number of halogens is 3. The summed E-state index contributed by atoms with van der Waals surface area (Å²) < 4.78 is 27.1. The Bertz CT molecular complexity index is 444. The van der Waals surface area contributed by atoms with Crippen molar-refractivity contribution in [2.24, 2.45) is 0 Å². The molecule has 0 fully saturated rings. The second-order valence-electron chi connectivity index (χ2n) is 4.05. The quantitative estimate of drug-likeness (QED) is 0.868. The van der Waals surface area contributed by atoms with Crippen molar-refractivity contribution in [3.8, 4) is 0 Å². The van der Waals surface area contributed by atoms with E-state index in [0.29, 0.717) is 0 Å². The first kappa shape index (κ1) is 14.3. The lowest BCUT2D eigenvalue weighted by atomic mass is 9.92. The fourth-order valence-electron chi connectivity index (χ4n) is 1.28. The minimum absolute atomic E-state index is 0.0952. The van der Waals surface area contributed by atoms with Gasteiger partial charge in [0, 0.05) is 12.0 Å². The van der Waals surface area contributed by atoms with Crippen molar-refractivity contribution in [3.05, 3.63) is 33.8 Å². The standard InChI is InChI=1S/C12H13BrF2O2/c1-3-12(2,17)10(16)6-7-9(14)5-4-8(13)11(7)15/h4-5,17H,3,6H2,1-2H3. The van der Waals surface area contributed by atoms with Gasteiger partial charge in [-0.05, 0) is 41.4 Å². The molecule has 1 N–H and O–H groups in total. The number of rotatable bonds is 4. The van der Waals surface area contributed by atoms with Gasteiger partial charge in [0.05, 0.1) is 4.47 Å². The highest BCUT2D eigenvalue weighted by atomic mass is 79.9. The molecule has 1 aromatic rings. The van der Waals surface area contributed by atoms with Crippen LogP contribution >= 0.6 is 15.9 Å². The summed E-state index contributed by atoms with van der Waals surface area (Å²) in [6, 6.07) is 2.31. The van der Waals surface area contributed by atoms with Crippen LogP contribution in [0.15, 0.2) is 16.6 Å². The second kappa shape index (κ2) is 5.23. The molecule has 1 unspecified atom stereocenters. The van der Waals surface area contributed by atoms with Gasteiger partial charge >= 0.3 is 0 Å².